The Morgan fingerprint density at radius 3 is 2.94 bits per heavy atom. The van der Waals surface area contributed by atoms with Gasteiger partial charge in [-0.05, 0) is 31.0 Å². The minimum Gasteiger partial charge on any atom is -0.397 e. The first kappa shape index (κ1) is 11.0. The Balaban J connectivity index is 2.03. The van der Waals surface area contributed by atoms with Gasteiger partial charge in [0.1, 0.15) is 4.88 Å². The zero-order valence-corrected chi connectivity index (χ0v) is 11.4. The molecule has 0 bridgehead atoms. The lowest BCUT2D eigenvalue weighted by molar-refractivity contribution is 0.0956. The van der Waals surface area contributed by atoms with Crippen LogP contribution in [0.3, 0.4) is 0 Å². The fourth-order valence-electron chi connectivity index (χ4n) is 1.74. The van der Waals surface area contributed by atoms with Crippen molar-refractivity contribution in [1.82, 2.24) is 5.32 Å². The molecule has 88 valence electrons. The van der Waals surface area contributed by atoms with Crippen molar-refractivity contribution in [2.75, 3.05) is 5.73 Å². The fraction of sp³-hybridized carbons (Fsp3) is 0.250. The minimum absolute atomic E-state index is 0.0395. The lowest BCUT2D eigenvalue weighted by atomic mass is 10.2. The van der Waals surface area contributed by atoms with Crippen LogP contribution < -0.4 is 11.1 Å². The molecule has 1 heterocycles. The highest BCUT2D eigenvalue weighted by atomic mass is 79.9. The summed E-state index contributed by atoms with van der Waals surface area (Å²) in [5, 5.41) is 3.92. The SMILES string of the molecule is Nc1c(C(=O)NC2CC2)sc2ccc(Br)cc12. The van der Waals surface area contributed by atoms with E-state index in [4.69, 9.17) is 5.73 Å². The maximum absolute atomic E-state index is 12.0. The van der Waals surface area contributed by atoms with Crippen molar-refractivity contribution < 1.29 is 4.79 Å². The van der Waals surface area contributed by atoms with Gasteiger partial charge in [0.05, 0.1) is 5.69 Å². The zero-order valence-electron chi connectivity index (χ0n) is 9.00. The fourth-order valence-corrected chi connectivity index (χ4v) is 3.10. The van der Waals surface area contributed by atoms with E-state index in [0.717, 1.165) is 27.4 Å². The number of anilines is 1. The molecule has 1 amide bonds. The standard InChI is InChI=1S/C12H11BrN2OS/c13-6-1-4-9-8(5-6)10(14)11(17-9)12(16)15-7-2-3-7/h1,4-5,7H,2-3,14H2,(H,15,16). The molecule has 1 aromatic carbocycles. The molecule has 0 unspecified atom stereocenters. The van der Waals surface area contributed by atoms with Gasteiger partial charge in [0.2, 0.25) is 0 Å². The second-order valence-electron chi connectivity index (χ2n) is 4.23. The molecular formula is C12H11BrN2OS. The first-order valence-corrected chi connectivity index (χ1v) is 7.04. The van der Waals surface area contributed by atoms with Crippen molar-refractivity contribution in [3.8, 4) is 0 Å². The van der Waals surface area contributed by atoms with Crippen molar-refractivity contribution in [3.63, 3.8) is 0 Å². The van der Waals surface area contributed by atoms with Crippen LogP contribution in [0.1, 0.15) is 22.5 Å². The molecule has 0 spiro atoms. The summed E-state index contributed by atoms with van der Waals surface area (Å²) in [4.78, 5) is 12.6. The van der Waals surface area contributed by atoms with E-state index in [0.29, 0.717) is 16.6 Å². The van der Waals surface area contributed by atoms with Crippen LogP contribution in [0.25, 0.3) is 10.1 Å². The number of nitrogens with two attached hydrogens (primary N) is 1. The van der Waals surface area contributed by atoms with Crippen LogP contribution in [0.5, 0.6) is 0 Å². The number of thiophene rings is 1. The Kier molecular flexibility index (Phi) is 2.60. The summed E-state index contributed by atoms with van der Waals surface area (Å²) in [6.45, 7) is 0. The van der Waals surface area contributed by atoms with E-state index in [-0.39, 0.29) is 5.91 Å². The van der Waals surface area contributed by atoms with Gasteiger partial charge in [0.25, 0.3) is 5.91 Å². The summed E-state index contributed by atoms with van der Waals surface area (Å²) in [7, 11) is 0. The Hall–Kier alpha value is -1.07. The van der Waals surface area contributed by atoms with Gasteiger partial charge in [-0.15, -0.1) is 11.3 Å². The normalized spacial score (nSPS) is 15.1. The molecule has 1 aromatic heterocycles. The number of halogens is 1. The maximum atomic E-state index is 12.0. The largest absolute Gasteiger partial charge is 0.397 e. The average molecular weight is 311 g/mol. The van der Waals surface area contributed by atoms with Gasteiger partial charge in [-0.25, -0.2) is 0 Å². The maximum Gasteiger partial charge on any atom is 0.263 e. The Morgan fingerprint density at radius 2 is 2.24 bits per heavy atom. The molecule has 3 rings (SSSR count). The highest BCUT2D eigenvalue weighted by Gasteiger charge is 2.26. The first-order chi connectivity index (χ1) is 8.15. The van der Waals surface area contributed by atoms with Crippen molar-refractivity contribution in [1.29, 1.82) is 0 Å². The molecule has 0 aliphatic heterocycles. The average Bonchev–Trinajstić information content (AvgIpc) is 3.04. The number of carbonyl (C=O) groups excluding carboxylic acids is 1. The Labute approximate surface area is 111 Å². The van der Waals surface area contributed by atoms with E-state index in [2.05, 4.69) is 21.2 Å². The summed E-state index contributed by atoms with van der Waals surface area (Å²) < 4.78 is 2.02. The highest BCUT2D eigenvalue weighted by molar-refractivity contribution is 9.10. The first-order valence-electron chi connectivity index (χ1n) is 5.43. The van der Waals surface area contributed by atoms with E-state index in [1.807, 2.05) is 18.2 Å². The molecule has 0 saturated heterocycles. The lowest BCUT2D eigenvalue weighted by Crippen LogP contribution is -2.25. The lowest BCUT2D eigenvalue weighted by Gasteiger charge is -2.01. The van der Waals surface area contributed by atoms with Crippen LogP contribution in [0.15, 0.2) is 22.7 Å². The summed E-state index contributed by atoms with van der Waals surface area (Å²) in [5.41, 5.74) is 6.62. The number of rotatable bonds is 2. The van der Waals surface area contributed by atoms with Gasteiger partial charge in [-0.1, -0.05) is 15.9 Å². The van der Waals surface area contributed by atoms with Gasteiger partial charge < -0.3 is 11.1 Å². The molecule has 1 aliphatic rings. The summed E-state index contributed by atoms with van der Waals surface area (Å²) >= 11 is 4.86. The second-order valence-corrected chi connectivity index (χ2v) is 6.20. The van der Waals surface area contributed by atoms with E-state index in [1.54, 1.807) is 0 Å². The van der Waals surface area contributed by atoms with Gasteiger partial charge >= 0.3 is 0 Å². The minimum atomic E-state index is -0.0395. The van der Waals surface area contributed by atoms with E-state index >= 15 is 0 Å². The number of hydrogen-bond acceptors (Lipinski definition) is 3. The molecule has 1 aliphatic carbocycles. The molecule has 3 nitrogen and oxygen atoms in total. The smallest absolute Gasteiger partial charge is 0.263 e. The topological polar surface area (TPSA) is 55.1 Å². The van der Waals surface area contributed by atoms with Crippen LogP contribution in [0.2, 0.25) is 0 Å². The van der Waals surface area contributed by atoms with E-state index < -0.39 is 0 Å². The van der Waals surface area contributed by atoms with Crippen molar-refractivity contribution in [2.45, 2.75) is 18.9 Å². The molecule has 2 aromatic rings. The molecule has 1 saturated carbocycles. The van der Waals surface area contributed by atoms with E-state index in [9.17, 15) is 4.79 Å². The number of benzene rings is 1. The molecule has 1 fully saturated rings. The molecule has 0 radical (unpaired) electrons. The summed E-state index contributed by atoms with van der Waals surface area (Å²) in [6, 6.07) is 6.25. The van der Waals surface area contributed by atoms with Crippen LogP contribution in [-0.2, 0) is 0 Å². The zero-order chi connectivity index (χ0) is 12.0. The van der Waals surface area contributed by atoms with Crippen LogP contribution >= 0.6 is 27.3 Å². The monoisotopic (exact) mass is 310 g/mol. The highest BCUT2D eigenvalue weighted by Crippen LogP contribution is 2.35. The number of amides is 1. The Morgan fingerprint density at radius 1 is 1.47 bits per heavy atom. The third-order valence-electron chi connectivity index (χ3n) is 2.81. The van der Waals surface area contributed by atoms with E-state index in [1.165, 1.54) is 11.3 Å². The third-order valence-corrected chi connectivity index (χ3v) is 4.49. The second kappa shape index (κ2) is 3.99. The number of hydrogen-bond donors (Lipinski definition) is 2. The van der Waals surface area contributed by atoms with Crippen molar-refractivity contribution >= 4 is 48.9 Å². The molecule has 3 N–H and O–H groups in total. The molecular weight excluding hydrogens is 300 g/mol. The van der Waals surface area contributed by atoms with Gasteiger partial charge in [-0.3, -0.25) is 4.79 Å². The number of carbonyl (C=O) groups is 1. The molecule has 17 heavy (non-hydrogen) atoms. The van der Waals surface area contributed by atoms with Crippen molar-refractivity contribution in [3.05, 3.63) is 27.5 Å². The molecule has 0 atom stereocenters. The molecule has 5 heteroatoms. The number of nitrogens with one attached hydrogen (secondary N) is 1. The van der Waals surface area contributed by atoms with Crippen LogP contribution in [0, 0.1) is 0 Å². The summed E-state index contributed by atoms with van der Waals surface area (Å²) in [6.07, 6.45) is 2.17. The Bertz CT molecular complexity index is 604. The predicted molar refractivity (Wildman–Crippen MR) is 74.4 cm³/mol. The summed E-state index contributed by atoms with van der Waals surface area (Å²) in [5.74, 6) is -0.0395. The van der Waals surface area contributed by atoms with Crippen LogP contribution in [0.4, 0.5) is 5.69 Å². The van der Waals surface area contributed by atoms with Crippen molar-refractivity contribution in [2.24, 2.45) is 0 Å². The van der Waals surface area contributed by atoms with Gasteiger partial charge in [-0.2, -0.15) is 0 Å². The third kappa shape index (κ3) is 2.05. The quantitative estimate of drug-likeness (QED) is 0.895. The van der Waals surface area contributed by atoms with Gasteiger partial charge in [0, 0.05) is 20.6 Å². The number of nitrogen functional groups attached to an aromatic ring is 1. The van der Waals surface area contributed by atoms with Crippen LogP contribution in [-0.4, -0.2) is 11.9 Å². The predicted octanol–water partition coefficient (Wildman–Crippen LogP) is 3.14. The van der Waals surface area contributed by atoms with Gasteiger partial charge in [0.15, 0.2) is 0 Å². The number of fused-ring (bicyclic) bond motifs is 1.